The van der Waals surface area contributed by atoms with Crippen molar-refractivity contribution in [2.24, 2.45) is 16.7 Å². The summed E-state index contributed by atoms with van der Waals surface area (Å²) in [4.78, 5) is 28.5. The lowest BCUT2D eigenvalue weighted by molar-refractivity contribution is -0.145. The first-order valence-electron chi connectivity index (χ1n) is 14.4. The number of carbonyl (C=O) groups excluding carboxylic acids is 2. The van der Waals surface area contributed by atoms with E-state index in [2.05, 4.69) is 0 Å². The summed E-state index contributed by atoms with van der Waals surface area (Å²) in [6.45, 7) is 16.6. The van der Waals surface area contributed by atoms with Crippen molar-refractivity contribution in [1.82, 2.24) is 4.90 Å². The maximum absolute atomic E-state index is 16.1. The number of rotatable bonds is 5. The minimum Gasteiger partial charge on any atom is -0.416 e. The molecule has 4 atom stereocenters. The number of hydrogen-bond donors (Lipinski definition) is 0. The van der Waals surface area contributed by atoms with Crippen molar-refractivity contribution in [3.05, 3.63) is 51.1 Å². The van der Waals surface area contributed by atoms with Gasteiger partial charge >= 0.3 is 5.97 Å². The number of fused-ring (bicyclic) bond motifs is 1. The van der Waals surface area contributed by atoms with E-state index in [9.17, 15) is 8.91 Å². The summed E-state index contributed by atoms with van der Waals surface area (Å²) in [5.74, 6) is -3.25. The fourth-order valence-corrected chi connectivity index (χ4v) is 7.29. The summed E-state index contributed by atoms with van der Waals surface area (Å²) in [5.41, 5.74) is -3.38. The number of Topliss-reactive ketones (excluding diaryl/α,β-unsaturated/α-hetero) is 1. The third-order valence-electron chi connectivity index (χ3n) is 9.66. The molecule has 0 amide bonds. The fraction of sp³-hybridized carbons (Fsp3) is 0.600. The molecule has 2 heterocycles. The molecule has 2 aliphatic rings. The second-order valence-electron chi connectivity index (χ2n) is 11.9. The Bertz CT molecular complexity index is 1450. The fourth-order valence-electron chi connectivity index (χ4n) is 6.19. The molecule has 1 aromatic carbocycles. The molecule has 36 heavy (non-hydrogen) atoms. The van der Waals surface area contributed by atoms with Crippen LogP contribution < -0.4 is 4.74 Å². The Balaban J connectivity index is 2.15. The van der Waals surface area contributed by atoms with E-state index in [0.717, 1.165) is 16.9 Å². The minimum atomic E-state index is -2.52. The second kappa shape index (κ2) is 8.22. The van der Waals surface area contributed by atoms with Crippen LogP contribution in [0.25, 0.3) is 0 Å². The largest absolute Gasteiger partial charge is 0.416 e. The van der Waals surface area contributed by atoms with Crippen LogP contribution in [0.3, 0.4) is 0 Å². The van der Waals surface area contributed by atoms with Crippen molar-refractivity contribution in [3.8, 4) is 5.06 Å². The van der Waals surface area contributed by atoms with Crippen molar-refractivity contribution in [2.45, 2.75) is 99.6 Å². The van der Waals surface area contributed by atoms with Crippen LogP contribution in [-0.4, -0.2) is 22.2 Å². The van der Waals surface area contributed by atoms with Gasteiger partial charge in [-0.05, 0) is 74.8 Å². The third kappa shape index (κ3) is 3.47. The van der Waals surface area contributed by atoms with Crippen molar-refractivity contribution >= 4 is 23.1 Å². The lowest BCUT2D eigenvalue weighted by Crippen LogP contribution is -2.63. The van der Waals surface area contributed by atoms with Crippen LogP contribution in [0, 0.1) is 36.4 Å². The Kier molecular flexibility index (Phi) is 5.02. The molecule has 0 radical (unpaired) electrons. The molecule has 4 unspecified atom stereocenters. The SMILES string of the molecule is [2H]c1c(OC(C)=O)sc2c1C([2H])([2H])N(C(C)(C(=O)C1(C)C(C)C1(C)C)c1c(F)ccc(C)c1C)C(C)(C)C2([2H])C. The van der Waals surface area contributed by atoms with Crippen molar-refractivity contribution in [1.29, 1.82) is 0 Å². The molecule has 1 aromatic heterocycles. The van der Waals surface area contributed by atoms with Gasteiger partial charge in [0.1, 0.15) is 11.4 Å². The third-order valence-corrected chi connectivity index (χ3v) is 10.7. The van der Waals surface area contributed by atoms with Crippen LogP contribution in [0.2, 0.25) is 0 Å². The zero-order chi connectivity index (χ0) is 30.8. The molecule has 0 spiro atoms. The molecule has 196 valence electrons. The topological polar surface area (TPSA) is 46.6 Å². The van der Waals surface area contributed by atoms with Crippen molar-refractivity contribution in [3.63, 3.8) is 0 Å². The minimum absolute atomic E-state index is 0.0554. The van der Waals surface area contributed by atoms with Gasteiger partial charge in [-0.25, -0.2) is 4.39 Å². The summed E-state index contributed by atoms with van der Waals surface area (Å²) in [6.07, 6.45) is 0. The van der Waals surface area contributed by atoms with Crippen LogP contribution in [0.15, 0.2) is 18.2 Å². The predicted octanol–water partition coefficient (Wildman–Crippen LogP) is 7.29. The first-order chi connectivity index (χ1) is 18.0. The number of nitrogens with zero attached hydrogens (tertiary/aromatic N) is 1. The van der Waals surface area contributed by atoms with Crippen LogP contribution in [0.4, 0.5) is 4.39 Å². The first-order valence-corrected chi connectivity index (χ1v) is 13.2. The highest BCUT2D eigenvalue weighted by Gasteiger charge is 2.73. The predicted molar refractivity (Wildman–Crippen MR) is 143 cm³/mol. The Morgan fingerprint density at radius 1 is 1.25 bits per heavy atom. The average Bonchev–Trinajstić information content (AvgIpc) is 3.05. The zero-order valence-corrected chi connectivity index (χ0v) is 24.0. The summed E-state index contributed by atoms with van der Waals surface area (Å²) >= 11 is 0.902. The molecule has 0 N–H and O–H groups in total. The number of esters is 1. The molecular weight excluding hydrogens is 473 g/mol. The Morgan fingerprint density at radius 2 is 1.83 bits per heavy atom. The molecule has 1 fully saturated rings. The maximum atomic E-state index is 16.1. The van der Waals surface area contributed by atoms with E-state index < -0.39 is 46.1 Å². The molecular formula is C30H40FNO3S. The number of carbonyl (C=O) groups is 2. The zero-order valence-electron chi connectivity index (χ0n) is 27.2. The summed E-state index contributed by atoms with van der Waals surface area (Å²) < 4.78 is 59.0. The van der Waals surface area contributed by atoms with E-state index in [1.807, 2.05) is 34.6 Å². The summed E-state index contributed by atoms with van der Waals surface area (Å²) in [7, 11) is 0. The van der Waals surface area contributed by atoms with Gasteiger partial charge in [0.2, 0.25) is 0 Å². The smallest absolute Gasteiger partial charge is 0.308 e. The van der Waals surface area contributed by atoms with Gasteiger partial charge in [-0.15, -0.1) is 11.3 Å². The first kappa shape index (κ1) is 22.0. The normalized spacial score (nSPS) is 33.3. The van der Waals surface area contributed by atoms with E-state index in [4.69, 9.17) is 6.11 Å². The molecule has 0 bridgehead atoms. The van der Waals surface area contributed by atoms with E-state index in [0.29, 0.717) is 5.56 Å². The lowest BCUT2D eigenvalue weighted by Gasteiger charge is -2.55. The highest BCUT2D eigenvalue weighted by atomic mass is 32.1. The number of benzene rings is 1. The monoisotopic (exact) mass is 517 g/mol. The molecule has 6 heteroatoms. The molecule has 2 aromatic rings. The molecule has 0 saturated heterocycles. The number of aryl methyl sites for hydroxylation is 1. The molecule has 4 nitrogen and oxygen atoms in total. The average molecular weight is 518 g/mol. The summed E-state index contributed by atoms with van der Waals surface area (Å²) in [6, 6.07) is 2.60. The number of halogens is 1. The Hall–Kier alpha value is -2.05. The molecule has 1 aliphatic heterocycles. The van der Waals surface area contributed by atoms with E-state index in [1.165, 1.54) is 17.9 Å². The molecule has 1 aliphatic carbocycles. The molecule has 1 saturated carbocycles. The molecule has 4 rings (SSSR count). The van der Waals surface area contributed by atoms with Crippen LogP contribution in [-0.2, 0) is 21.6 Å². The van der Waals surface area contributed by atoms with E-state index in [-0.39, 0.29) is 38.8 Å². The number of ether oxygens (including phenoxy) is 1. The second-order valence-corrected chi connectivity index (χ2v) is 12.8. The number of thiophene rings is 1. The van der Waals surface area contributed by atoms with Gasteiger partial charge in [-0.3, -0.25) is 14.5 Å². The number of ketones is 1. The van der Waals surface area contributed by atoms with Crippen LogP contribution in [0.5, 0.6) is 5.06 Å². The van der Waals surface area contributed by atoms with Crippen LogP contribution in [0.1, 0.15) is 101 Å². The Morgan fingerprint density at radius 3 is 2.36 bits per heavy atom. The van der Waals surface area contributed by atoms with Gasteiger partial charge in [0.25, 0.3) is 0 Å². The van der Waals surface area contributed by atoms with Gasteiger partial charge in [-0.1, -0.05) is 40.7 Å². The summed E-state index contributed by atoms with van der Waals surface area (Å²) in [5, 5.41) is -0.104. The van der Waals surface area contributed by atoms with Gasteiger partial charge < -0.3 is 4.74 Å². The van der Waals surface area contributed by atoms with E-state index >= 15 is 9.18 Å². The number of hydrogen-bond acceptors (Lipinski definition) is 5. The lowest BCUT2D eigenvalue weighted by atomic mass is 9.69. The van der Waals surface area contributed by atoms with E-state index in [1.54, 1.807) is 40.7 Å². The standard InChI is InChI=1S/C30H40FNO3S/c1-16-12-13-22(31)24(17(16)2)30(11,26(34)29(10)19(4)27(29,6)7)32-15-21-14-23(35-20(5)33)36-25(21)18(3)28(32,8)9/h12-14,18-19H,15H2,1-11H3/i14D,15D2,18D. The van der Waals surface area contributed by atoms with Crippen LogP contribution >= 0.6 is 11.3 Å². The maximum Gasteiger partial charge on any atom is 0.308 e. The quantitative estimate of drug-likeness (QED) is 0.391. The van der Waals surface area contributed by atoms with Crippen molar-refractivity contribution in [2.75, 3.05) is 0 Å². The van der Waals surface area contributed by atoms with Gasteiger partial charge in [-0.2, -0.15) is 0 Å². The Labute approximate surface area is 224 Å². The van der Waals surface area contributed by atoms with Crippen molar-refractivity contribution < 1.29 is 24.2 Å². The van der Waals surface area contributed by atoms with Gasteiger partial charge in [0.15, 0.2) is 10.8 Å². The van der Waals surface area contributed by atoms with Gasteiger partial charge in [0.05, 0.1) is 1.37 Å². The van der Waals surface area contributed by atoms with Gasteiger partial charge in [0, 0.05) is 44.8 Å². The highest BCUT2D eigenvalue weighted by Crippen LogP contribution is 2.71. The highest BCUT2D eigenvalue weighted by molar-refractivity contribution is 7.14.